The summed E-state index contributed by atoms with van der Waals surface area (Å²) in [6, 6.07) is 2.19. The molecule has 0 spiro atoms. The number of nitrogens with zero attached hydrogens (tertiary/aromatic N) is 1. The van der Waals surface area contributed by atoms with Gasteiger partial charge in [0.1, 0.15) is 0 Å². The van der Waals surface area contributed by atoms with Gasteiger partial charge in [-0.3, -0.25) is 0 Å². The summed E-state index contributed by atoms with van der Waals surface area (Å²) in [6.07, 6.45) is 1.85. The van der Waals surface area contributed by atoms with Crippen LogP contribution in [-0.4, -0.2) is 20.2 Å². The third-order valence-corrected chi connectivity index (χ3v) is 3.96. The van der Waals surface area contributed by atoms with Crippen molar-refractivity contribution in [3.63, 3.8) is 0 Å². The summed E-state index contributed by atoms with van der Waals surface area (Å²) in [4.78, 5) is 4.28. The van der Waals surface area contributed by atoms with Crippen molar-refractivity contribution in [1.82, 2.24) is 4.98 Å². The van der Waals surface area contributed by atoms with E-state index in [-0.39, 0.29) is 0 Å². The number of aryl methyl sites for hydroxylation is 1. The Kier molecular flexibility index (Phi) is 2.76. The van der Waals surface area contributed by atoms with E-state index in [4.69, 9.17) is 4.74 Å². The van der Waals surface area contributed by atoms with Crippen molar-refractivity contribution < 1.29 is 4.74 Å². The molecule has 0 aromatic carbocycles. The van der Waals surface area contributed by atoms with Crippen LogP contribution in [0.5, 0.6) is 5.88 Å². The second kappa shape index (κ2) is 3.50. The average Bonchev–Trinajstić information content (AvgIpc) is 2.03. The number of aromatic nitrogens is 1. The second-order valence-corrected chi connectivity index (χ2v) is 9.36. The molecule has 0 fully saturated rings. The molecule has 0 aliphatic carbocycles. The van der Waals surface area contributed by atoms with Crippen LogP contribution in [0.25, 0.3) is 0 Å². The average molecular weight is 195 g/mol. The molecule has 0 unspecified atom stereocenters. The molecule has 0 atom stereocenters. The van der Waals surface area contributed by atoms with Crippen LogP contribution in [-0.2, 0) is 0 Å². The number of hydrogen-bond acceptors (Lipinski definition) is 2. The van der Waals surface area contributed by atoms with Gasteiger partial charge in [0.05, 0.1) is 15.2 Å². The zero-order valence-electron chi connectivity index (χ0n) is 9.01. The van der Waals surface area contributed by atoms with Gasteiger partial charge in [-0.1, -0.05) is 25.7 Å². The normalized spacial score (nSPS) is 11.5. The molecule has 1 rings (SSSR count). The molecular weight excluding hydrogens is 178 g/mol. The molecule has 1 aromatic heterocycles. The minimum absolute atomic E-state index is 0.796. The summed E-state index contributed by atoms with van der Waals surface area (Å²) in [5, 5.41) is 1.30. The molecule has 0 bridgehead atoms. The van der Waals surface area contributed by atoms with Gasteiger partial charge in [-0.2, -0.15) is 0 Å². The van der Waals surface area contributed by atoms with Gasteiger partial charge in [0.15, 0.2) is 0 Å². The maximum absolute atomic E-state index is 5.25. The van der Waals surface area contributed by atoms with Gasteiger partial charge in [-0.25, -0.2) is 4.98 Å². The van der Waals surface area contributed by atoms with Crippen LogP contribution in [0.2, 0.25) is 19.6 Å². The minimum Gasteiger partial charge on any atom is -0.481 e. The lowest BCUT2D eigenvalue weighted by Crippen LogP contribution is -2.39. The lowest BCUT2D eigenvalue weighted by atomic mass is 10.3. The molecule has 1 heterocycles. The van der Waals surface area contributed by atoms with Gasteiger partial charge in [0.25, 0.3) is 0 Å². The maximum atomic E-state index is 5.25. The van der Waals surface area contributed by atoms with E-state index in [0.29, 0.717) is 0 Å². The lowest BCUT2D eigenvalue weighted by Gasteiger charge is -2.19. The Morgan fingerprint density at radius 2 is 1.92 bits per heavy atom. The first-order valence-electron chi connectivity index (χ1n) is 4.46. The zero-order chi connectivity index (χ0) is 10.1. The molecule has 0 saturated carbocycles. The van der Waals surface area contributed by atoms with E-state index in [1.165, 1.54) is 10.8 Å². The molecule has 1 aromatic rings. The van der Waals surface area contributed by atoms with Crippen molar-refractivity contribution in [2.75, 3.05) is 7.11 Å². The highest BCUT2D eigenvalue weighted by molar-refractivity contribution is 6.89. The molecule has 72 valence electrons. The number of ether oxygens (including phenoxy) is 1. The van der Waals surface area contributed by atoms with E-state index in [1.54, 1.807) is 7.11 Å². The molecule has 0 N–H and O–H groups in total. The molecule has 13 heavy (non-hydrogen) atoms. The summed E-state index contributed by atoms with van der Waals surface area (Å²) in [6.45, 7) is 8.96. The van der Waals surface area contributed by atoms with Crippen LogP contribution in [0.4, 0.5) is 0 Å². The van der Waals surface area contributed by atoms with Crippen molar-refractivity contribution in [3.05, 3.63) is 17.8 Å². The van der Waals surface area contributed by atoms with Crippen molar-refractivity contribution in [3.8, 4) is 5.88 Å². The summed E-state index contributed by atoms with van der Waals surface area (Å²) >= 11 is 0. The molecule has 0 saturated heterocycles. The molecule has 0 radical (unpaired) electrons. The highest BCUT2D eigenvalue weighted by Gasteiger charge is 2.21. The van der Waals surface area contributed by atoms with Crippen LogP contribution in [0.3, 0.4) is 0 Å². The molecule has 2 nitrogen and oxygen atoms in total. The Morgan fingerprint density at radius 3 is 2.38 bits per heavy atom. The van der Waals surface area contributed by atoms with Gasteiger partial charge in [0, 0.05) is 11.4 Å². The molecule has 3 heteroatoms. The first-order chi connectivity index (χ1) is 5.95. The third-order valence-electron chi connectivity index (χ3n) is 1.99. The summed E-state index contributed by atoms with van der Waals surface area (Å²) in [5.41, 5.74) is 1.21. The highest BCUT2D eigenvalue weighted by atomic mass is 28.3. The Morgan fingerprint density at radius 1 is 1.31 bits per heavy atom. The number of rotatable bonds is 2. The summed E-state index contributed by atoms with van der Waals surface area (Å²) in [5.74, 6) is 0.796. The predicted octanol–water partition coefficient (Wildman–Crippen LogP) is 1.94. The van der Waals surface area contributed by atoms with E-state index >= 15 is 0 Å². The van der Waals surface area contributed by atoms with Crippen LogP contribution in [0, 0.1) is 6.92 Å². The van der Waals surface area contributed by atoms with E-state index < -0.39 is 8.07 Å². The van der Waals surface area contributed by atoms with Crippen molar-refractivity contribution in [2.45, 2.75) is 26.6 Å². The first kappa shape index (κ1) is 10.2. The fraction of sp³-hybridized carbons (Fsp3) is 0.500. The number of methoxy groups -OCH3 is 1. The van der Waals surface area contributed by atoms with Crippen LogP contribution >= 0.6 is 0 Å². The van der Waals surface area contributed by atoms with E-state index in [0.717, 1.165) is 5.88 Å². The topological polar surface area (TPSA) is 22.1 Å². The molecule has 0 aliphatic rings. The Labute approximate surface area is 81.0 Å². The molecular formula is C10H17NOSi. The van der Waals surface area contributed by atoms with E-state index in [2.05, 4.69) is 37.6 Å². The zero-order valence-corrected chi connectivity index (χ0v) is 10.0. The molecule has 0 aliphatic heterocycles. The smallest absolute Gasteiger partial charge is 0.212 e. The van der Waals surface area contributed by atoms with E-state index in [1.807, 2.05) is 6.20 Å². The molecule has 0 amide bonds. The van der Waals surface area contributed by atoms with Crippen LogP contribution in [0.1, 0.15) is 5.56 Å². The minimum atomic E-state index is -1.32. The maximum Gasteiger partial charge on any atom is 0.212 e. The standard InChI is InChI=1S/C10H17NOSi/c1-8-6-9(13(3,4)5)10(12-2)11-7-8/h6-7H,1-5H3. The number of pyridine rings is 1. The Hall–Kier alpha value is -0.833. The fourth-order valence-electron chi connectivity index (χ4n) is 1.26. The third kappa shape index (κ3) is 2.31. The highest BCUT2D eigenvalue weighted by Crippen LogP contribution is 2.11. The van der Waals surface area contributed by atoms with Crippen molar-refractivity contribution in [2.24, 2.45) is 0 Å². The Bertz CT molecular complexity index is 304. The monoisotopic (exact) mass is 195 g/mol. The lowest BCUT2D eigenvalue weighted by molar-refractivity contribution is 0.401. The van der Waals surface area contributed by atoms with Gasteiger partial charge >= 0.3 is 0 Å². The van der Waals surface area contributed by atoms with Crippen molar-refractivity contribution in [1.29, 1.82) is 0 Å². The second-order valence-electron chi connectivity index (χ2n) is 4.32. The van der Waals surface area contributed by atoms with Gasteiger partial charge in [0.2, 0.25) is 5.88 Å². The largest absolute Gasteiger partial charge is 0.481 e. The van der Waals surface area contributed by atoms with Crippen LogP contribution < -0.4 is 9.92 Å². The van der Waals surface area contributed by atoms with E-state index in [9.17, 15) is 0 Å². The summed E-state index contributed by atoms with van der Waals surface area (Å²) < 4.78 is 5.25. The quantitative estimate of drug-likeness (QED) is 0.673. The Balaban J connectivity index is 3.24. The summed E-state index contributed by atoms with van der Waals surface area (Å²) in [7, 11) is 0.364. The number of hydrogen-bond donors (Lipinski definition) is 0. The van der Waals surface area contributed by atoms with Gasteiger partial charge in [-0.15, -0.1) is 0 Å². The fourth-order valence-corrected chi connectivity index (χ4v) is 2.73. The van der Waals surface area contributed by atoms with Crippen LogP contribution in [0.15, 0.2) is 12.3 Å². The first-order valence-corrected chi connectivity index (χ1v) is 7.96. The van der Waals surface area contributed by atoms with Gasteiger partial charge < -0.3 is 4.74 Å². The van der Waals surface area contributed by atoms with Crippen molar-refractivity contribution >= 4 is 13.3 Å². The predicted molar refractivity (Wildman–Crippen MR) is 58.5 cm³/mol. The van der Waals surface area contributed by atoms with Gasteiger partial charge in [-0.05, 0) is 12.5 Å². The SMILES string of the molecule is COc1ncc(C)cc1[Si](C)(C)C.